The molecule has 2 atom stereocenters. The van der Waals surface area contributed by atoms with Crippen molar-refractivity contribution in [1.29, 1.82) is 0 Å². The van der Waals surface area contributed by atoms with Crippen LogP contribution in [0.3, 0.4) is 0 Å². The molecule has 0 aliphatic carbocycles. The lowest BCUT2D eigenvalue weighted by Crippen LogP contribution is -2.41. The normalized spacial score (nSPS) is 20.0. The molecule has 3 rings (SSSR count). The number of hydrogen-bond donors (Lipinski definition) is 1. The van der Waals surface area contributed by atoms with Gasteiger partial charge in [-0.2, -0.15) is 0 Å². The third-order valence-electron chi connectivity index (χ3n) is 4.31. The quantitative estimate of drug-likeness (QED) is 0.721. The lowest BCUT2D eigenvalue weighted by atomic mass is 9.94. The number of carboxylic acids is 1. The fourth-order valence-corrected chi connectivity index (χ4v) is 4.81. The third-order valence-corrected chi connectivity index (χ3v) is 6.42. The predicted octanol–water partition coefficient (Wildman–Crippen LogP) is 5.59. The van der Waals surface area contributed by atoms with E-state index in [1.54, 1.807) is 6.07 Å². The second kappa shape index (κ2) is 7.63. The Hall–Kier alpha value is -0.780. The molecule has 7 heteroatoms. The number of aliphatic carboxylic acids is 1. The molecule has 0 spiro atoms. The molecule has 1 aliphatic heterocycles. The van der Waals surface area contributed by atoms with Crippen molar-refractivity contribution in [2.75, 3.05) is 13.1 Å². The summed E-state index contributed by atoms with van der Waals surface area (Å²) in [7, 11) is 0. The molecular weight excluding hydrogens is 389 g/mol. The van der Waals surface area contributed by atoms with Gasteiger partial charge in [0.15, 0.2) is 0 Å². The standard InChI is InChI=1S/C17H16Cl3NO2S/c18-12-5-1-4-11(15(12)20)16(13-6-7-14(19)24-13)21-8-2-3-10(9-21)17(22)23/h1,4-7,10,16H,2-3,8-9H2,(H,22,23). The summed E-state index contributed by atoms with van der Waals surface area (Å²) in [5.74, 6) is -1.12. The molecule has 1 N–H and O–H groups in total. The fourth-order valence-electron chi connectivity index (χ4n) is 3.18. The van der Waals surface area contributed by atoms with E-state index in [4.69, 9.17) is 34.8 Å². The molecule has 1 aliphatic rings. The zero-order chi connectivity index (χ0) is 17.3. The summed E-state index contributed by atoms with van der Waals surface area (Å²) in [5.41, 5.74) is 0.883. The van der Waals surface area contributed by atoms with Crippen LogP contribution in [-0.2, 0) is 4.79 Å². The molecule has 1 saturated heterocycles. The van der Waals surface area contributed by atoms with Gasteiger partial charge >= 0.3 is 5.97 Å². The number of benzene rings is 1. The number of halogens is 3. The van der Waals surface area contributed by atoms with E-state index in [-0.39, 0.29) is 12.0 Å². The molecule has 128 valence electrons. The van der Waals surface area contributed by atoms with Crippen LogP contribution in [0.2, 0.25) is 14.4 Å². The van der Waals surface area contributed by atoms with Gasteiger partial charge in [0.2, 0.25) is 0 Å². The van der Waals surface area contributed by atoms with Gasteiger partial charge < -0.3 is 5.11 Å². The van der Waals surface area contributed by atoms with Crippen LogP contribution in [-0.4, -0.2) is 29.1 Å². The van der Waals surface area contributed by atoms with Gasteiger partial charge in [-0.05, 0) is 43.1 Å². The van der Waals surface area contributed by atoms with Gasteiger partial charge in [0.1, 0.15) is 0 Å². The third kappa shape index (κ3) is 3.73. The van der Waals surface area contributed by atoms with E-state index in [0.29, 0.717) is 27.3 Å². The van der Waals surface area contributed by atoms with Crippen LogP contribution >= 0.6 is 46.1 Å². The summed E-state index contributed by atoms with van der Waals surface area (Å²) in [6.07, 6.45) is 1.54. The molecule has 2 aromatic rings. The largest absolute Gasteiger partial charge is 0.481 e. The molecule has 1 aromatic carbocycles. The van der Waals surface area contributed by atoms with Crippen molar-refractivity contribution >= 4 is 52.1 Å². The van der Waals surface area contributed by atoms with Crippen LogP contribution in [0.1, 0.15) is 29.3 Å². The van der Waals surface area contributed by atoms with Crippen molar-refractivity contribution in [3.63, 3.8) is 0 Å². The Morgan fingerprint density at radius 3 is 2.71 bits per heavy atom. The average Bonchev–Trinajstić information content (AvgIpc) is 2.98. The molecule has 0 amide bonds. The Morgan fingerprint density at radius 1 is 1.25 bits per heavy atom. The molecular formula is C17H16Cl3NO2S. The van der Waals surface area contributed by atoms with E-state index in [9.17, 15) is 9.90 Å². The maximum Gasteiger partial charge on any atom is 0.307 e. The molecule has 1 aromatic heterocycles. The van der Waals surface area contributed by atoms with Gasteiger partial charge in [-0.3, -0.25) is 9.69 Å². The first-order chi connectivity index (χ1) is 11.5. The molecule has 3 nitrogen and oxygen atoms in total. The highest BCUT2D eigenvalue weighted by Crippen LogP contribution is 2.41. The monoisotopic (exact) mass is 403 g/mol. The lowest BCUT2D eigenvalue weighted by Gasteiger charge is -2.37. The van der Waals surface area contributed by atoms with Gasteiger partial charge in [0.25, 0.3) is 0 Å². The molecule has 1 fully saturated rings. The van der Waals surface area contributed by atoms with E-state index in [0.717, 1.165) is 23.4 Å². The summed E-state index contributed by atoms with van der Waals surface area (Å²) >= 11 is 20.3. The SMILES string of the molecule is O=C(O)C1CCCN(C(c2ccc(Cl)s2)c2cccc(Cl)c2Cl)C1. The van der Waals surface area contributed by atoms with Crippen LogP contribution in [0.25, 0.3) is 0 Å². The highest BCUT2D eigenvalue weighted by atomic mass is 35.5. The van der Waals surface area contributed by atoms with Crippen LogP contribution < -0.4 is 0 Å². The van der Waals surface area contributed by atoms with Crippen molar-refractivity contribution in [1.82, 2.24) is 4.90 Å². The number of hydrogen-bond acceptors (Lipinski definition) is 3. The molecule has 2 unspecified atom stereocenters. The van der Waals surface area contributed by atoms with E-state index < -0.39 is 5.97 Å². The number of nitrogens with zero attached hydrogens (tertiary/aromatic N) is 1. The van der Waals surface area contributed by atoms with Gasteiger partial charge in [-0.15, -0.1) is 11.3 Å². The maximum absolute atomic E-state index is 11.4. The number of rotatable bonds is 4. The van der Waals surface area contributed by atoms with Crippen molar-refractivity contribution in [3.05, 3.63) is 55.2 Å². The van der Waals surface area contributed by atoms with Gasteiger partial charge in [0.05, 0.1) is 26.3 Å². The number of carbonyl (C=O) groups is 1. The first kappa shape index (κ1) is 18.0. The van der Waals surface area contributed by atoms with Crippen LogP contribution in [0, 0.1) is 5.92 Å². The van der Waals surface area contributed by atoms with Crippen LogP contribution in [0.15, 0.2) is 30.3 Å². The van der Waals surface area contributed by atoms with Crippen molar-refractivity contribution in [3.8, 4) is 0 Å². The predicted molar refractivity (Wildman–Crippen MR) is 99.6 cm³/mol. The average molecular weight is 405 g/mol. The minimum atomic E-state index is -0.750. The highest BCUT2D eigenvalue weighted by molar-refractivity contribution is 7.16. The second-order valence-corrected chi connectivity index (χ2v) is 8.39. The fraction of sp³-hybridized carbons (Fsp3) is 0.353. The molecule has 24 heavy (non-hydrogen) atoms. The van der Waals surface area contributed by atoms with Crippen molar-refractivity contribution < 1.29 is 9.90 Å². The number of piperidine rings is 1. The zero-order valence-electron chi connectivity index (χ0n) is 12.7. The minimum Gasteiger partial charge on any atom is -0.481 e. The number of thiophene rings is 1. The van der Waals surface area contributed by atoms with Crippen molar-refractivity contribution in [2.45, 2.75) is 18.9 Å². The van der Waals surface area contributed by atoms with Gasteiger partial charge in [-0.25, -0.2) is 0 Å². The summed E-state index contributed by atoms with van der Waals surface area (Å²) < 4.78 is 0.694. The molecule has 0 bridgehead atoms. The Balaban J connectivity index is 2.02. The Labute approximate surface area is 159 Å². The minimum absolute atomic E-state index is 0.143. The van der Waals surface area contributed by atoms with E-state index in [1.165, 1.54) is 11.3 Å². The highest BCUT2D eigenvalue weighted by Gasteiger charge is 2.33. The van der Waals surface area contributed by atoms with E-state index in [1.807, 2.05) is 24.3 Å². The summed E-state index contributed by atoms with van der Waals surface area (Å²) in [6.45, 7) is 1.30. The first-order valence-electron chi connectivity index (χ1n) is 7.63. The zero-order valence-corrected chi connectivity index (χ0v) is 15.8. The number of carboxylic acid groups (broad SMARTS) is 1. The van der Waals surface area contributed by atoms with Gasteiger partial charge in [-0.1, -0.05) is 46.9 Å². The second-order valence-electron chi connectivity index (χ2n) is 5.86. The first-order valence-corrected chi connectivity index (χ1v) is 9.58. The maximum atomic E-state index is 11.4. The topological polar surface area (TPSA) is 40.5 Å². The Kier molecular flexibility index (Phi) is 5.73. The summed E-state index contributed by atoms with van der Waals surface area (Å²) in [6, 6.07) is 9.24. The van der Waals surface area contributed by atoms with E-state index >= 15 is 0 Å². The Bertz CT molecular complexity index is 749. The van der Waals surface area contributed by atoms with Crippen molar-refractivity contribution in [2.24, 2.45) is 5.92 Å². The summed E-state index contributed by atoms with van der Waals surface area (Å²) in [5, 5.41) is 10.4. The summed E-state index contributed by atoms with van der Waals surface area (Å²) in [4.78, 5) is 14.6. The van der Waals surface area contributed by atoms with Crippen LogP contribution in [0.4, 0.5) is 0 Å². The molecule has 2 heterocycles. The lowest BCUT2D eigenvalue weighted by molar-refractivity contribution is -0.143. The molecule has 0 saturated carbocycles. The van der Waals surface area contributed by atoms with Crippen LogP contribution in [0.5, 0.6) is 0 Å². The Morgan fingerprint density at radius 2 is 2.04 bits per heavy atom. The molecule has 0 radical (unpaired) electrons. The smallest absolute Gasteiger partial charge is 0.307 e. The van der Waals surface area contributed by atoms with E-state index in [2.05, 4.69) is 4.90 Å². The van der Waals surface area contributed by atoms with Gasteiger partial charge in [0, 0.05) is 11.4 Å². The number of likely N-dealkylation sites (tertiary alicyclic amines) is 1.